The lowest BCUT2D eigenvalue weighted by molar-refractivity contribution is 0.410. The van der Waals surface area contributed by atoms with Crippen LogP contribution < -0.4 is 15.5 Å². The lowest BCUT2D eigenvalue weighted by atomic mass is 10.0. The number of anilines is 1. The van der Waals surface area contributed by atoms with Crippen molar-refractivity contribution < 1.29 is 4.42 Å². The Morgan fingerprint density at radius 2 is 1.92 bits per heavy atom. The van der Waals surface area contributed by atoms with E-state index in [1.165, 1.54) is 37.8 Å². The predicted octanol–water partition coefficient (Wildman–Crippen LogP) is 3.74. The van der Waals surface area contributed by atoms with E-state index in [-0.39, 0.29) is 24.8 Å². The second kappa shape index (κ2) is 12.2. The van der Waals surface area contributed by atoms with E-state index in [2.05, 4.69) is 44.8 Å². The molecule has 3 rings (SSSR count). The first-order valence-corrected chi connectivity index (χ1v) is 8.98. The van der Waals surface area contributed by atoms with Gasteiger partial charge in [-0.1, -0.05) is 12.1 Å². The molecule has 0 bridgehead atoms. The zero-order valence-corrected chi connectivity index (χ0v) is 17.0. The third-order valence-electron chi connectivity index (χ3n) is 4.71. The number of rotatable bonds is 8. The number of benzene rings is 1. The average molecular weight is 401 g/mol. The molecule has 1 saturated heterocycles. The summed E-state index contributed by atoms with van der Waals surface area (Å²) in [5, 5.41) is 6.91. The molecule has 7 heteroatoms. The molecule has 0 saturated carbocycles. The second-order valence-corrected chi connectivity index (χ2v) is 6.44. The van der Waals surface area contributed by atoms with Crippen LogP contribution in [-0.4, -0.2) is 44.3 Å². The molecule has 2 heterocycles. The summed E-state index contributed by atoms with van der Waals surface area (Å²) in [6.45, 7) is 4.46. The molecule has 0 atom stereocenters. The van der Waals surface area contributed by atoms with Gasteiger partial charge in [0.1, 0.15) is 0 Å². The van der Waals surface area contributed by atoms with Crippen LogP contribution in [0.5, 0.6) is 0 Å². The van der Waals surface area contributed by atoms with E-state index >= 15 is 0 Å². The first-order chi connectivity index (χ1) is 11.9. The van der Waals surface area contributed by atoms with E-state index in [0.29, 0.717) is 6.04 Å². The Balaban J connectivity index is 0.00000169. The molecule has 1 aliphatic heterocycles. The third kappa shape index (κ3) is 6.47. The van der Waals surface area contributed by atoms with Gasteiger partial charge in [-0.05, 0) is 58.0 Å². The van der Waals surface area contributed by atoms with Crippen LogP contribution in [0.3, 0.4) is 0 Å². The summed E-state index contributed by atoms with van der Waals surface area (Å²) in [6, 6.07) is 9.22. The van der Waals surface area contributed by atoms with Crippen LogP contribution >= 0.6 is 24.8 Å². The van der Waals surface area contributed by atoms with Crippen molar-refractivity contribution in [2.75, 3.05) is 38.1 Å². The van der Waals surface area contributed by atoms with Crippen LogP contribution in [0.2, 0.25) is 0 Å². The molecule has 0 spiro atoms. The number of nitrogens with one attached hydrogen (secondary N) is 2. The molecule has 146 valence electrons. The largest absolute Gasteiger partial charge is 0.444 e. The highest BCUT2D eigenvalue weighted by Crippen LogP contribution is 2.26. The van der Waals surface area contributed by atoms with Gasteiger partial charge < -0.3 is 20.0 Å². The van der Waals surface area contributed by atoms with Gasteiger partial charge >= 0.3 is 0 Å². The van der Waals surface area contributed by atoms with E-state index in [1.807, 2.05) is 7.05 Å². The summed E-state index contributed by atoms with van der Waals surface area (Å²) in [7, 11) is 2.01. The van der Waals surface area contributed by atoms with Gasteiger partial charge in [0.15, 0.2) is 12.2 Å². The molecule has 1 aromatic carbocycles. The Morgan fingerprint density at radius 3 is 2.62 bits per heavy atom. The minimum Gasteiger partial charge on any atom is -0.444 e. The van der Waals surface area contributed by atoms with Crippen LogP contribution in [0.15, 0.2) is 41.3 Å². The fraction of sp³-hybridized carbons (Fsp3) is 0.526. The fourth-order valence-corrected chi connectivity index (χ4v) is 3.29. The Morgan fingerprint density at radius 1 is 1.15 bits per heavy atom. The topological polar surface area (TPSA) is 53.3 Å². The van der Waals surface area contributed by atoms with E-state index in [4.69, 9.17) is 4.42 Å². The second-order valence-electron chi connectivity index (χ2n) is 6.44. The van der Waals surface area contributed by atoms with Crippen molar-refractivity contribution >= 4 is 30.5 Å². The van der Waals surface area contributed by atoms with Gasteiger partial charge in [-0.2, -0.15) is 0 Å². The first kappa shape index (κ1) is 22.8. The summed E-state index contributed by atoms with van der Waals surface area (Å²) < 4.78 is 5.41. The number of oxazole rings is 1. The molecule has 2 N–H and O–H groups in total. The maximum absolute atomic E-state index is 5.41. The lowest BCUT2D eigenvalue weighted by Crippen LogP contribution is -2.42. The molecule has 5 nitrogen and oxygen atoms in total. The van der Waals surface area contributed by atoms with Gasteiger partial charge in [-0.15, -0.1) is 24.8 Å². The van der Waals surface area contributed by atoms with E-state index in [1.54, 1.807) is 6.20 Å². The van der Waals surface area contributed by atoms with Crippen molar-refractivity contribution in [2.24, 2.45) is 0 Å². The molecule has 1 fully saturated rings. The summed E-state index contributed by atoms with van der Waals surface area (Å²) in [4.78, 5) is 6.48. The number of halogens is 2. The van der Waals surface area contributed by atoms with Gasteiger partial charge in [0, 0.05) is 30.4 Å². The molecular weight excluding hydrogens is 371 g/mol. The highest BCUT2D eigenvalue weighted by atomic mass is 35.5. The molecule has 0 aliphatic carbocycles. The zero-order chi connectivity index (χ0) is 16.6. The number of hydrogen-bond acceptors (Lipinski definition) is 5. The highest BCUT2D eigenvalue weighted by molar-refractivity contribution is 5.85. The van der Waals surface area contributed by atoms with E-state index < -0.39 is 0 Å². The van der Waals surface area contributed by atoms with Crippen LogP contribution in [0.4, 0.5) is 5.69 Å². The number of nitrogens with zero attached hydrogens (tertiary/aromatic N) is 2. The Bertz CT molecular complexity index is 601. The maximum atomic E-state index is 5.41. The first-order valence-electron chi connectivity index (χ1n) is 8.98. The van der Waals surface area contributed by atoms with Crippen molar-refractivity contribution in [3.63, 3.8) is 0 Å². The maximum Gasteiger partial charge on any atom is 0.181 e. The van der Waals surface area contributed by atoms with Crippen molar-refractivity contribution in [3.05, 3.63) is 36.9 Å². The van der Waals surface area contributed by atoms with Gasteiger partial charge in [-0.3, -0.25) is 0 Å². The molecule has 0 radical (unpaired) electrons. The lowest BCUT2D eigenvalue weighted by Gasteiger charge is -2.34. The molecule has 2 aromatic rings. The third-order valence-corrected chi connectivity index (χ3v) is 4.71. The van der Waals surface area contributed by atoms with Crippen LogP contribution in [0.25, 0.3) is 11.3 Å². The molecule has 0 amide bonds. The molecule has 0 unspecified atom stereocenters. The van der Waals surface area contributed by atoms with Gasteiger partial charge in [-0.25, -0.2) is 4.98 Å². The van der Waals surface area contributed by atoms with Gasteiger partial charge in [0.25, 0.3) is 0 Å². The number of piperidine rings is 1. The van der Waals surface area contributed by atoms with E-state index in [9.17, 15) is 0 Å². The average Bonchev–Trinajstić information content (AvgIpc) is 3.17. The van der Waals surface area contributed by atoms with Crippen molar-refractivity contribution in [1.29, 1.82) is 0 Å². The van der Waals surface area contributed by atoms with Crippen LogP contribution in [0, 0.1) is 0 Å². The smallest absolute Gasteiger partial charge is 0.181 e. The van der Waals surface area contributed by atoms with Crippen molar-refractivity contribution in [1.82, 2.24) is 15.6 Å². The summed E-state index contributed by atoms with van der Waals surface area (Å²) in [6.07, 6.45) is 8.16. The minimum absolute atomic E-state index is 0. The number of hydrogen-bond donors (Lipinski definition) is 2. The monoisotopic (exact) mass is 400 g/mol. The van der Waals surface area contributed by atoms with Gasteiger partial charge in [0.2, 0.25) is 0 Å². The fourth-order valence-electron chi connectivity index (χ4n) is 3.29. The Labute approximate surface area is 168 Å². The summed E-state index contributed by atoms with van der Waals surface area (Å²) >= 11 is 0. The minimum atomic E-state index is 0. The molecule has 1 aliphatic rings. The summed E-state index contributed by atoms with van der Waals surface area (Å²) in [5.74, 6) is 0.829. The van der Waals surface area contributed by atoms with Gasteiger partial charge in [0.05, 0.1) is 6.20 Å². The van der Waals surface area contributed by atoms with Crippen molar-refractivity contribution in [3.8, 4) is 11.3 Å². The van der Waals surface area contributed by atoms with Crippen LogP contribution in [-0.2, 0) is 0 Å². The Hall–Kier alpha value is -1.27. The summed E-state index contributed by atoms with van der Waals surface area (Å²) in [5.41, 5.74) is 2.37. The van der Waals surface area contributed by atoms with Crippen LogP contribution in [0.1, 0.15) is 25.7 Å². The quantitative estimate of drug-likeness (QED) is 0.660. The standard InChI is InChI=1S/C19H28N4O.2ClH/c1-20-9-2-3-10-22-17-7-11-23(12-8-17)18-6-4-5-16(13-18)19-14-21-15-24-19;;/h4-6,13-15,17,20,22H,2-3,7-12H2,1H3;2*1H. The van der Waals surface area contributed by atoms with Crippen molar-refractivity contribution in [2.45, 2.75) is 31.7 Å². The molecular formula is C19H30Cl2N4O. The Kier molecular flexibility index (Phi) is 10.7. The predicted molar refractivity (Wildman–Crippen MR) is 113 cm³/mol. The normalized spacial score (nSPS) is 14.6. The SMILES string of the molecule is CNCCCCNC1CCN(c2cccc(-c3cnco3)c2)CC1.Cl.Cl. The molecule has 26 heavy (non-hydrogen) atoms. The molecule has 1 aromatic heterocycles. The number of unbranched alkanes of at least 4 members (excludes halogenated alkanes) is 1. The van der Waals surface area contributed by atoms with E-state index in [0.717, 1.165) is 37.5 Å². The highest BCUT2D eigenvalue weighted by Gasteiger charge is 2.19. The zero-order valence-electron chi connectivity index (χ0n) is 15.3. The number of aromatic nitrogens is 1.